The van der Waals surface area contributed by atoms with Crippen LogP contribution in [0, 0.1) is 5.92 Å². The Hall–Kier alpha value is -0.120. The largest absolute Gasteiger partial charge is 0.380 e. The highest BCUT2D eigenvalue weighted by Gasteiger charge is 2.28. The van der Waals surface area contributed by atoms with Crippen molar-refractivity contribution < 1.29 is 4.74 Å². The van der Waals surface area contributed by atoms with Gasteiger partial charge in [0.1, 0.15) is 0 Å². The van der Waals surface area contributed by atoms with Gasteiger partial charge in [0.25, 0.3) is 0 Å². The third-order valence-corrected chi connectivity index (χ3v) is 2.87. The number of nitrogens with zero attached hydrogens (tertiary/aromatic N) is 1. The molecule has 0 amide bonds. The van der Waals surface area contributed by atoms with Gasteiger partial charge in [-0.1, -0.05) is 13.8 Å². The number of rotatable bonds is 10. The summed E-state index contributed by atoms with van der Waals surface area (Å²) in [5, 5.41) is 3.44. The third-order valence-electron chi connectivity index (χ3n) is 2.87. The molecule has 0 aromatic heterocycles. The first kappa shape index (κ1) is 13.9. The van der Waals surface area contributed by atoms with Crippen LogP contribution in [0.5, 0.6) is 0 Å². The summed E-state index contributed by atoms with van der Waals surface area (Å²) in [5.41, 5.74) is 0. The Labute approximate surface area is 101 Å². The van der Waals surface area contributed by atoms with Crippen LogP contribution in [-0.4, -0.2) is 50.3 Å². The van der Waals surface area contributed by atoms with Crippen LogP contribution in [0.1, 0.15) is 33.6 Å². The maximum absolute atomic E-state index is 5.29. The lowest BCUT2D eigenvalue weighted by Crippen LogP contribution is -2.37. The summed E-state index contributed by atoms with van der Waals surface area (Å²) in [7, 11) is 0. The standard InChI is InChI=1S/C13H28N2O/c1-4-16-10-8-14-7-9-15(11-12(2)3)13-5-6-13/h12-14H,4-11H2,1-3H3. The lowest BCUT2D eigenvalue weighted by molar-refractivity contribution is 0.147. The van der Waals surface area contributed by atoms with Gasteiger partial charge in [-0.15, -0.1) is 0 Å². The Morgan fingerprint density at radius 3 is 2.62 bits per heavy atom. The van der Waals surface area contributed by atoms with Crippen molar-refractivity contribution in [2.24, 2.45) is 5.92 Å². The van der Waals surface area contributed by atoms with Gasteiger partial charge in [-0.05, 0) is 25.7 Å². The van der Waals surface area contributed by atoms with Crippen LogP contribution in [0.4, 0.5) is 0 Å². The van der Waals surface area contributed by atoms with Crippen LogP contribution in [0.15, 0.2) is 0 Å². The summed E-state index contributed by atoms with van der Waals surface area (Å²) in [6.45, 7) is 12.8. The van der Waals surface area contributed by atoms with Crippen LogP contribution < -0.4 is 5.32 Å². The predicted molar refractivity (Wildman–Crippen MR) is 68.8 cm³/mol. The van der Waals surface area contributed by atoms with E-state index in [2.05, 4.69) is 24.1 Å². The van der Waals surface area contributed by atoms with Crippen molar-refractivity contribution in [2.75, 3.05) is 39.4 Å². The van der Waals surface area contributed by atoms with Gasteiger partial charge in [0, 0.05) is 38.8 Å². The van der Waals surface area contributed by atoms with Gasteiger partial charge >= 0.3 is 0 Å². The molecule has 0 atom stereocenters. The molecule has 0 unspecified atom stereocenters. The second-order valence-electron chi connectivity index (χ2n) is 5.07. The Balaban J connectivity index is 1.99. The lowest BCUT2D eigenvalue weighted by Gasteiger charge is -2.24. The van der Waals surface area contributed by atoms with Crippen molar-refractivity contribution in [3.8, 4) is 0 Å². The van der Waals surface area contributed by atoms with E-state index in [0.717, 1.165) is 38.3 Å². The van der Waals surface area contributed by atoms with E-state index in [4.69, 9.17) is 4.74 Å². The fraction of sp³-hybridized carbons (Fsp3) is 1.00. The number of nitrogens with one attached hydrogen (secondary N) is 1. The maximum atomic E-state index is 5.29. The molecule has 16 heavy (non-hydrogen) atoms. The molecule has 1 N–H and O–H groups in total. The maximum Gasteiger partial charge on any atom is 0.0590 e. The highest BCUT2D eigenvalue weighted by Crippen LogP contribution is 2.26. The van der Waals surface area contributed by atoms with Crippen LogP contribution in [-0.2, 0) is 4.74 Å². The highest BCUT2D eigenvalue weighted by atomic mass is 16.5. The average Bonchev–Trinajstić information content (AvgIpc) is 3.04. The Morgan fingerprint density at radius 2 is 2.06 bits per heavy atom. The van der Waals surface area contributed by atoms with E-state index in [1.54, 1.807) is 0 Å². The quantitative estimate of drug-likeness (QED) is 0.576. The number of hydrogen-bond donors (Lipinski definition) is 1. The van der Waals surface area contributed by atoms with Gasteiger partial charge in [-0.3, -0.25) is 4.90 Å². The molecule has 1 fully saturated rings. The first-order valence-electron chi connectivity index (χ1n) is 6.76. The molecule has 0 aromatic carbocycles. The monoisotopic (exact) mass is 228 g/mol. The van der Waals surface area contributed by atoms with E-state index in [1.807, 2.05) is 6.92 Å². The molecule has 0 spiro atoms. The molecule has 3 heteroatoms. The van der Waals surface area contributed by atoms with Gasteiger partial charge in [-0.25, -0.2) is 0 Å². The Morgan fingerprint density at radius 1 is 1.31 bits per heavy atom. The van der Waals surface area contributed by atoms with Crippen LogP contribution in [0.2, 0.25) is 0 Å². The Bertz CT molecular complexity index is 169. The molecule has 0 bridgehead atoms. The van der Waals surface area contributed by atoms with E-state index in [9.17, 15) is 0 Å². The van der Waals surface area contributed by atoms with Crippen LogP contribution in [0.3, 0.4) is 0 Å². The smallest absolute Gasteiger partial charge is 0.0590 e. The first-order valence-corrected chi connectivity index (χ1v) is 6.76. The van der Waals surface area contributed by atoms with E-state index < -0.39 is 0 Å². The van der Waals surface area contributed by atoms with Gasteiger partial charge in [0.05, 0.1) is 6.61 Å². The second-order valence-corrected chi connectivity index (χ2v) is 5.07. The van der Waals surface area contributed by atoms with Crippen molar-refractivity contribution in [1.82, 2.24) is 10.2 Å². The van der Waals surface area contributed by atoms with E-state index >= 15 is 0 Å². The minimum atomic E-state index is 0.782. The zero-order valence-corrected chi connectivity index (χ0v) is 11.2. The van der Waals surface area contributed by atoms with Crippen molar-refractivity contribution in [3.05, 3.63) is 0 Å². The molecule has 3 nitrogen and oxygen atoms in total. The van der Waals surface area contributed by atoms with Crippen molar-refractivity contribution >= 4 is 0 Å². The highest BCUT2D eigenvalue weighted by molar-refractivity contribution is 4.85. The Kier molecular flexibility index (Phi) is 7.01. The normalized spacial score (nSPS) is 16.3. The summed E-state index contributed by atoms with van der Waals surface area (Å²) in [5.74, 6) is 0.782. The minimum Gasteiger partial charge on any atom is -0.380 e. The topological polar surface area (TPSA) is 24.5 Å². The molecule has 1 aliphatic carbocycles. The molecule has 0 aromatic rings. The van der Waals surface area contributed by atoms with Gasteiger partial charge < -0.3 is 10.1 Å². The minimum absolute atomic E-state index is 0.782. The number of hydrogen-bond acceptors (Lipinski definition) is 3. The summed E-state index contributed by atoms with van der Waals surface area (Å²) in [6.07, 6.45) is 2.82. The second kappa shape index (κ2) is 8.04. The molecule has 0 saturated heterocycles. The fourth-order valence-electron chi connectivity index (χ4n) is 1.97. The molecule has 1 rings (SSSR count). The SMILES string of the molecule is CCOCCNCCN(CC(C)C)C1CC1. The first-order chi connectivity index (χ1) is 7.74. The van der Waals surface area contributed by atoms with Crippen molar-refractivity contribution in [3.63, 3.8) is 0 Å². The average molecular weight is 228 g/mol. The molecule has 1 aliphatic rings. The third kappa shape index (κ3) is 6.46. The van der Waals surface area contributed by atoms with Crippen LogP contribution in [0.25, 0.3) is 0 Å². The molecular formula is C13H28N2O. The van der Waals surface area contributed by atoms with Gasteiger partial charge in [-0.2, -0.15) is 0 Å². The van der Waals surface area contributed by atoms with Crippen LogP contribution >= 0.6 is 0 Å². The molecule has 0 heterocycles. The van der Waals surface area contributed by atoms with E-state index in [1.165, 1.54) is 25.9 Å². The molecule has 0 radical (unpaired) electrons. The zero-order chi connectivity index (χ0) is 11.8. The summed E-state index contributed by atoms with van der Waals surface area (Å²) < 4.78 is 5.29. The molecule has 0 aliphatic heterocycles. The van der Waals surface area contributed by atoms with E-state index in [0.29, 0.717) is 0 Å². The number of ether oxygens (including phenoxy) is 1. The van der Waals surface area contributed by atoms with Crippen molar-refractivity contribution in [2.45, 2.75) is 39.7 Å². The lowest BCUT2D eigenvalue weighted by atomic mass is 10.2. The zero-order valence-electron chi connectivity index (χ0n) is 11.2. The molecular weight excluding hydrogens is 200 g/mol. The van der Waals surface area contributed by atoms with Crippen molar-refractivity contribution in [1.29, 1.82) is 0 Å². The molecule has 96 valence electrons. The summed E-state index contributed by atoms with van der Waals surface area (Å²) in [4.78, 5) is 2.64. The summed E-state index contributed by atoms with van der Waals surface area (Å²) >= 11 is 0. The van der Waals surface area contributed by atoms with Gasteiger partial charge in [0.15, 0.2) is 0 Å². The summed E-state index contributed by atoms with van der Waals surface area (Å²) in [6, 6.07) is 0.885. The van der Waals surface area contributed by atoms with E-state index in [-0.39, 0.29) is 0 Å². The van der Waals surface area contributed by atoms with Gasteiger partial charge in [0.2, 0.25) is 0 Å². The molecule has 1 saturated carbocycles. The predicted octanol–water partition coefficient (Wildman–Crippen LogP) is 1.73. The fourth-order valence-corrected chi connectivity index (χ4v) is 1.97.